The van der Waals surface area contributed by atoms with Crippen molar-refractivity contribution in [3.8, 4) is 0 Å². The second-order valence-corrected chi connectivity index (χ2v) is 7.36. The van der Waals surface area contributed by atoms with E-state index in [2.05, 4.69) is 12.2 Å². The van der Waals surface area contributed by atoms with Crippen LogP contribution in [-0.2, 0) is 4.79 Å². The molecule has 0 unspecified atom stereocenters. The zero-order valence-corrected chi connectivity index (χ0v) is 16.6. The molecule has 0 bridgehead atoms. The second kappa shape index (κ2) is 22.6. The normalized spacial score (nSPS) is 11.0. The molecule has 0 radical (unpaired) electrons. The van der Waals surface area contributed by atoms with Crippen LogP contribution in [0, 0.1) is 0 Å². The lowest BCUT2D eigenvalue weighted by Gasteiger charge is -2.04. The third-order valence-corrected chi connectivity index (χ3v) is 4.88. The fraction of sp³-hybridized carbons (Fsp3) is 0.955. The summed E-state index contributed by atoms with van der Waals surface area (Å²) >= 11 is 0. The molecule has 0 amide bonds. The number of rotatable bonds is 21. The molecule has 2 nitrogen and oxygen atoms in total. The minimum absolute atomic E-state index is 0.700. The van der Waals surface area contributed by atoms with E-state index in [1.54, 1.807) is 0 Å². The summed E-state index contributed by atoms with van der Waals surface area (Å²) in [6.07, 6.45) is 25.5. The molecule has 24 heavy (non-hydrogen) atoms. The summed E-state index contributed by atoms with van der Waals surface area (Å²) < 4.78 is 0. The van der Waals surface area contributed by atoms with Crippen molar-refractivity contribution in [3.05, 3.63) is 0 Å². The number of hydrogen-bond acceptors (Lipinski definition) is 2. The molecule has 0 aliphatic heterocycles. The van der Waals surface area contributed by atoms with Crippen LogP contribution in [0.1, 0.15) is 122 Å². The molecule has 144 valence electrons. The van der Waals surface area contributed by atoms with Crippen LogP contribution < -0.4 is 5.32 Å². The van der Waals surface area contributed by atoms with Crippen molar-refractivity contribution in [3.63, 3.8) is 0 Å². The van der Waals surface area contributed by atoms with E-state index in [1.807, 2.05) is 0 Å². The smallest absolute Gasteiger partial charge is 0.120 e. The topological polar surface area (TPSA) is 29.1 Å². The third kappa shape index (κ3) is 21.6. The summed E-state index contributed by atoms with van der Waals surface area (Å²) in [5.74, 6) is 0. The number of hydrogen-bond donors (Lipinski definition) is 1. The van der Waals surface area contributed by atoms with Gasteiger partial charge in [0.25, 0.3) is 0 Å². The molecule has 0 aromatic rings. The van der Waals surface area contributed by atoms with Gasteiger partial charge >= 0.3 is 0 Å². The van der Waals surface area contributed by atoms with Crippen molar-refractivity contribution in [2.24, 2.45) is 0 Å². The first kappa shape index (κ1) is 23.6. The van der Waals surface area contributed by atoms with Crippen molar-refractivity contribution in [1.29, 1.82) is 0 Å². The molecule has 1 N–H and O–H groups in total. The van der Waals surface area contributed by atoms with Crippen molar-refractivity contribution >= 4 is 6.29 Å². The summed E-state index contributed by atoms with van der Waals surface area (Å²) in [5, 5.41) is 3.41. The first-order chi connectivity index (χ1) is 11.9. The van der Waals surface area contributed by atoms with Gasteiger partial charge < -0.3 is 10.1 Å². The first-order valence-electron chi connectivity index (χ1n) is 11.1. The highest BCUT2D eigenvalue weighted by molar-refractivity contribution is 5.48. The molecule has 0 spiro atoms. The molecule has 0 atom stereocenters. The second-order valence-electron chi connectivity index (χ2n) is 7.36. The number of carbonyl (C=O) groups is 1. The Morgan fingerprint density at radius 3 is 1.33 bits per heavy atom. The van der Waals surface area contributed by atoms with Gasteiger partial charge in [-0.1, -0.05) is 103 Å². The Hall–Kier alpha value is -0.370. The first-order valence-corrected chi connectivity index (χ1v) is 11.1. The Morgan fingerprint density at radius 2 is 0.917 bits per heavy atom. The quantitative estimate of drug-likeness (QED) is 0.184. The zero-order valence-electron chi connectivity index (χ0n) is 16.6. The summed E-state index contributed by atoms with van der Waals surface area (Å²) in [4.78, 5) is 10.2. The summed E-state index contributed by atoms with van der Waals surface area (Å²) in [7, 11) is 0. The minimum atomic E-state index is 0.700. The van der Waals surface area contributed by atoms with E-state index in [0.29, 0.717) is 6.42 Å². The predicted octanol–water partition coefficient (Wildman–Crippen LogP) is 6.82. The van der Waals surface area contributed by atoms with Crippen LogP contribution in [0.2, 0.25) is 0 Å². The highest BCUT2D eigenvalue weighted by Gasteiger charge is 1.94. The average Bonchev–Trinajstić information content (AvgIpc) is 2.60. The van der Waals surface area contributed by atoms with Crippen LogP contribution in [0.15, 0.2) is 0 Å². The van der Waals surface area contributed by atoms with Gasteiger partial charge in [0.1, 0.15) is 6.29 Å². The number of nitrogens with one attached hydrogen (secondary N) is 1. The van der Waals surface area contributed by atoms with Crippen LogP contribution in [0.3, 0.4) is 0 Å². The molecule has 0 heterocycles. The van der Waals surface area contributed by atoms with Gasteiger partial charge in [0.2, 0.25) is 0 Å². The van der Waals surface area contributed by atoms with Crippen molar-refractivity contribution < 1.29 is 4.79 Å². The van der Waals surface area contributed by atoms with E-state index in [0.717, 1.165) is 25.8 Å². The highest BCUT2D eigenvalue weighted by Crippen LogP contribution is 2.13. The molecular formula is C22H45NO. The van der Waals surface area contributed by atoms with Crippen LogP contribution in [0.5, 0.6) is 0 Å². The Balaban J connectivity index is 2.94. The maximum absolute atomic E-state index is 10.2. The van der Waals surface area contributed by atoms with E-state index in [9.17, 15) is 4.79 Å². The molecule has 0 aliphatic carbocycles. The number of aldehydes is 1. The number of carbonyl (C=O) groups excluding carboxylic acids is 1. The van der Waals surface area contributed by atoms with Gasteiger partial charge in [-0.2, -0.15) is 0 Å². The molecule has 0 aromatic heterocycles. The maximum Gasteiger partial charge on any atom is 0.120 e. The monoisotopic (exact) mass is 339 g/mol. The van der Waals surface area contributed by atoms with Gasteiger partial charge in [-0.3, -0.25) is 0 Å². The maximum atomic E-state index is 10.2. The van der Waals surface area contributed by atoms with E-state index in [4.69, 9.17) is 0 Å². The van der Waals surface area contributed by atoms with Crippen LogP contribution in [-0.4, -0.2) is 19.4 Å². The lowest BCUT2D eigenvalue weighted by atomic mass is 10.0. The Morgan fingerprint density at radius 1 is 0.542 bits per heavy atom. The predicted molar refractivity (Wildman–Crippen MR) is 108 cm³/mol. The molecule has 0 aliphatic rings. The summed E-state index contributed by atoms with van der Waals surface area (Å²) in [6, 6.07) is 0. The zero-order chi connectivity index (χ0) is 17.6. The summed E-state index contributed by atoms with van der Waals surface area (Å²) in [5.41, 5.74) is 0. The van der Waals surface area contributed by atoms with Gasteiger partial charge in [0.05, 0.1) is 0 Å². The summed E-state index contributed by atoms with van der Waals surface area (Å²) in [6.45, 7) is 4.41. The molecule has 0 saturated heterocycles. The Labute approximate surface area is 152 Å². The Bertz CT molecular complexity index is 230. The fourth-order valence-corrected chi connectivity index (χ4v) is 3.23. The minimum Gasteiger partial charge on any atom is -0.317 e. The molecule has 0 fully saturated rings. The van der Waals surface area contributed by atoms with Gasteiger partial charge in [-0.05, 0) is 25.9 Å². The van der Waals surface area contributed by atoms with Crippen molar-refractivity contribution in [2.75, 3.05) is 13.1 Å². The van der Waals surface area contributed by atoms with Crippen molar-refractivity contribution in [1.82, 2.24) is 5.32 Å². The average molecular weight is 340 g/mol. The van der Waals surface area contributed by atoms with Gasteiger partial charge in [-0.25, -0.2) is 0 Å². The molecule has 0 rings (SSSR count). The fourth-order valence-electron chi connectivity index (χ4n) is 3.23. The van der Waals surface area contributed by atoms with Gasteiger partial charge in [-0.15, -0.1) is 0 Å². The largest absolute Gasteiger partial charge is 0.317 e. The van der Waals surface area contributed by atoms with E-state index < -0.39 is 0 Å². The standard InChI is InChI=1S/C22H45NO/c1-2-3-4-5-6-7-8-9-10-11-12-13-14-15-16-17-20-23-21-18-19-22-24/h22-23H,2-21H2,1H3. The van der Waals surface area contributed by atoms with Gasteiger partial charge in [0.15, 0.2) is 0 Å². The van der Waals surface area contributed by atoms with Gasteiger partial charge in [0, 0.05) is 6.42 Å². The molecule has 0 aromatic carbocycles. The SMILES string of the molecule is CCCCCCCCCCCCCCCCCCNCCCC=O. The number of unbranched alkanes of at least 4 members (excludes halogenated alkanes) is 16. The highest BCUT2D eigenvalue weighted by atomic mass is 16.1. The van der Waals surface area contributed by atoms with Crippen molar-refractivity contribution in [2.45, 2.75) is 122 Å². The molecular weight excluding hydrogens is 294 g/mol. The molecule has 0 saturated carbocycles. The van der Waals surface area contributed by atoms with E-state index in [-0.39, 0.29) is 0 Å². The Kier molecular flexibility index (Phi) is 22.3. The van der Waals surface area contributed by atoms with E-state index in [1.165, 1.54) is 103 Å². The van der Waals surface area contributed by atoms with Crippen LogP contribution >= 0.6 is 0 Å². The molecule has 2 heteroatoms. The van der Waals surface area contributed by atoms with Crippen LogP contribution in [0.4, 0.5) is 0 Å². The van der Waals surface area contributed by atoms with Crippen LogP contribution in [0.25, 0.3) is 0 Å². The lowest BCUT2D eigenvalue weighted by Crippen LogP contribution is -2.16. The third-order valence-electron chi connectivity index (χ3n) is 4.88. The lowest BCUT2D eigenvalue weighted by molar-refractivity contribution is -0.107. The van der Waals surface area contributed by atoms with E-state index >= 15 is 0 Å².